The topological polar surface area (TPSA) is 84.2 Å². The van der Waals surface area contributed by atoms with Gasteiger partial charge >= 0.3 is 0 Å². The summed E-state index contributed by atoms with van der Waals surface area (Å²) in [5, 5.41) is 34.2. The number of aliphatic hydroxyl groups excluding tert-OH is 3. The van der Waals surface area contributed by atoms with E-state index in [1.807, 2.05) is 19.0 Å². The summed E-state index contributed by atoms with van der Waals surface area (Å²) in [6.07, 6.45) is 6.32. The van der Waals surface area contributed by atoms with Gasteiger partial charge in [-0.1, -0.05) is 12.8 Å². The molecule has 0 aromatic carbocycles. The molecule has 0 radical (unpaired) electrons. The molecule has 1 saturated carbocycles. The van der Waals surface area contributed by atoms with Gasteiger partial charge in [0.15, 0.2) is 0 Å². The minimum atomic E-state index is -0.503. The van der Waals surface area contributed by atoms with E-state index in [0.29, 0.717) is 0 Å². The summed E-state index contributed by atoms with van der Waals surface area (Å²) in [6.45, 7) is 10.3. The zero-order valence-corrected chi connectivity index (χ0v) is 18.8. The molecule has 0 unspecified atom stereocenters. The maximum atomic E-state index is 10.1. The van der Waals surface area contributed by atoms with Gasteiger partial charge in [0.1, 0.15) is 5.72 Å². The van der Waals surface area contributed by atoms with Gasteiger partial charge in [-0.25, -0.2) is 0 Å². The van der Waals surface area contributed by atoms with Crippen molar-refractivity contribution < 1.29 is 42.1 Å². The zero-order valence-electron chi connectivity index (χ0n) is 17.2. The molecule has 0 amide bonds. The number of hydrogen-bond donors (Lipinski definition) is 4. The normalized spacial score (nSPS) is 16.0. The van der Waals surface area contributed by atoms with Gasteiger partial charge in [-0.2, -0.15) is 0 Å². The van der Waals surface area contributed by atoms with E-state index in [2.05, 4.69) is 0 Å². The van der Waals surface area contributed by atoms with Gasteiger partial charge in [-0.05, 0) is 81.3 Å². The van der Waals surface area contributed by atoms with Crippen molar-refractivity contribution in [2.45, 2.75) is 104 Å². The van der Waals surface area contributed by atoms with E-state index in [0.717, 1.165) is 12.8 Å². The first kappa shape index (κ1) is 32.2. The van der Waals surface area contributed by atoms with Gasteiger partial charge in [0.05, 0.1) is 0 Å². The average Bonchev–Trinajstić information content (AvgIpc) is 2.52. The first-order valence-electron chi connectivity index (χ1n) is 8.79. The third kappa shape index (κ3) is 34.0. The fourth-order valence-corrected chi connectivity index (χ4v) is 1.74. The molecule has 148 valence electrons. The number of nitrogens with zero attached hydrogens (tertiary/aromatic N) is 1. The first-order valence-corrected chi connectivity index (χ1v) is 8.79. The van der Waals surface area contributed by atoms with E-state index >= 15 is 0 Å². The standard InChI is InChI=1S/C9H19NO.3C3H8O.Ti/c1-10(2)9(11)7-5-3-4-6-8-9;3*1-3(2)4;/h11H,3-8H2,1-2H3;3*3-4H,1-2H3;. The second kappa shape index (κ2) is 19.8. The summed E-state index contributed by atoms with van der Waals surface area (Å²) in [7, 11) is 3.93. The van der Waals surface area contributed by atoms with Crippen LogP contribution in [-0.2, 0) is 21.7 Å². The average molecular weight is 385 g/mol. The molecule has 6 heteroatoms. The first-order chi connectivity index (χ1) is 10.3. The number of hydrogen-bond acceptors (Lipinski definition) is 5. The maximum Gasteiger partial charge on any atom is 0.118 e. The smallest absolute Gasteiger partial charge is 0.118 e. The van der Waals surface area contributed by atoms with Crippen LogP contribution in [0.3, 0.4) is 0 Å². The Morgan fingerprint density at radius 3 is 1.04 bits per heavy atom. The summed E-state index contributed by atoms with van der Waals surface area (Å²) in [6, 6.07) is 0. The molecule has 1 rings (SSSR count). The summed E-state index contributed by atoms with van der Waals surface area (Å²) in [5.41, 5.74) is -0.503. The van der Waals surface area contributed by atoms with E-state index in [-0.39, 0.29) is 40.0 Å². The molecule has 5 nitrogen and oxygen atoms in total. The summed E-state index contributed by atoms with van der Waals surface area (Å²) >= 11 is 0. The molecule has 0 spiro atoms. The summed E-state index contributed by atoms with van der Waals surface area (Å²) in [5.74, 6) is 0. The van der Waals surface area contributed by atoms with Gasteiger partial charge < -0.3 is 20.4 Å². The molecule has 0 atom stereocenters. The van der Waals surface area contributed by atoms with Crippen molar-refractivity contribution in [2.75, 3.05) is 14.1 Å². The minimum Gasteiger partial charge on any atom is -0.394 e. The summed E-state index contributed by atoms with van der Waals surface area (Å²) in [4.78, 5) is 1.96. The predicted molar refractivity (Wildman–Crippen MR) is 98.4 cm³/mol. The Labute approximate surface area is 165 Å². The van der Waals surface area contributed by atoms with Gasteiger partial charge in [-0.15, -0.1) is 0 Å². The molecule has 4 N–H and O–H groups in total. The van der Waals surface area contributed by atoms with Gasteiger partial charge in [0, 0.05) is 40.0 Å². The van der Waals surface area contributed by atoms with Crippen molar-refractivity contribution in [3.8, 4) is 0 Å². The number of aliphatic hydroxyl groups is 4. The van der Waals surface area contributed by atoms with Crippen LogP contribution in [0.5, 0.6) is 0 Å². The van der Waals surface area contributed by atoms with Crippen LogP contribution in [0, 0.1) is 0 Å². The molecule has 1 aliphatic carbocycles. The van der Waals surface area contributed by atoms with Crippen molar-refractivity contribution in [2.24, 2.45) is 0 Å². The molecule has 1 aliphatic rings. The second-order valence-electron chi connectivity index (χ2n) is 7.07. The van der Waals surface area contributed by atoms with Crippen molar-refractivity contribution in [1.82, 2.24) is 4.90 Å². The third-order valence-electron chi connectivity index (χ3n) is 2.74. The molecule has 0 aliphatic heterocycles. The Bertz CT molecular complexity index is 207. The van der Waals surface area contributed by atoms with Crippen molar-refractivity contribution in [1.29, 1.82) is 0 Å². The van der Waals surface area contributed by atoms with Crippen molar-refractivity contribution in [3.05, 3.63) is 0 Å². The minimum absolute atomic E-state index is 0. The van der Waals surface area contributed by atoms with E-state index < -0.39 is 5.72 Å². The largest absolute Gasteiger partial charge is 0.394 e. The molecule has 0 heterocycles. The van der Waals surface area contributed by atoms with Crippen molar-refractivity contribution in [3.63, 3.8) is 0 Å². The van der Waals surface area contributed by atoms with Crippen LogP contribution in [-0.4, -0.2) is 63.5 Å². The van der Waals surface area contributed by atoms with Crippen LogP contribution in [0.2, 0.25) is 0 Å². The van der Waals surface area contributed by atoms with Gasteiger partial charge in [-0.3, -0.25) is 4.90 Å². The molecular formula is C18H43NO4Ti. The van der Waals surface area contributed by atoms with E-state index in [9.17, 15) is 5.11 Å². The molecule has 0 saturated heterocycles. The fraction of sp³-hybridized carbons (Fsp3) is 1.00. The summed E-state index contributed by atoms with van der Waals surface area (Å²) < 4.78 is 0. The van der Waals surface area contributed by atoms with E-state index in [1.54, 1.807) is 41.5 Å². The van der Waals surface area contributed by atoms with Crippen LogP contribution in [0.25, 0.3) is 0 Å². The molecule has 0 aromatic rings. The van der Waals surface area contributed by atoms with Crippen LogP contribution < -0.4 is 0 Å². The Morgan fingerprint density at radius 2 is 0.875 bits per heavy atom. The van der Waals surface area contributed by atoms with Crippen LogP contribution in [0.15, 0.2) is 0 Å². The molecule has 24 heavy (non-hydrogen) atoms. The Kier molecular flexibility index (Phi) is 26.6. The molecule has 0 aromatic heterocycles. The quantitative estimate of drug-likeness (QED) is 0.317. The van der Waals surface area contributed by atoms with Crippen LogP contribution >= 0.6 is 0 Å². The Morgan fingerprint density at radius 1 is 0.667 bits per heavy atom. The molecule has 0 bridgehead atoms. The van der Waals surface area contributed by atoms with Crippen molar-refractivity contribution >= 4 is 0 Å². The molecular weight excluding hydrogens is 342 g/mol. The van der Waals surface area contributed by atoms with Gasteiger partial charge in [0.25, 0.3) is 0 Å². The second-order valence-corrected chi connectivity index (χ2v) is 7.07. The maximum absolute atomic E-state index is 10.1. The Balaban J connectivity index is -0.000000130. The number of rotatable bonds is 1. The predicted octanol–water partition coefficient (Wildman–Crippen LogP) is 2.75. The Hall–Kier alpha value is 0.514. The van der Waals surface area contributed by atoms with E-state index in [1.165, 1.54) is 25.7 Å². The zero-order chi connectivity index (χ0) is 19.1. The van der Waals surface area contributed by atoms with E-state index in [4.69, 9.17) is 15.3 Å². The van der Waals surface area contributed by atoms with Gasteiger partial charge in [0.2, 0.25) is 0 Å². The van der Waals surface area contributed by atoms with Crippen LogP contribution in [0.4, 0.5) is 0 Å². The van der Waals surface area contributed by atoms with Crippen LogP contribution in [0.1, 0.15) is 80.1 Å². The molecule has 1 fully saturated rings. The third-order valence-corrected chi connectivity index (χ3v) is 2.74. The fourth-order valence-electron chi connectivity index (χ4n) is 1.74. The SMILES string of the molecule is CC(C)O.CC(C)O.CC(C)O.CN(C)C1(O)CCCCCC1.[Ti]. The monoisotopic (exact) mass is 385 g/mol.